The molecule has 90 valence electrons. The fraction of sp³-hybridized carbons (Fsp3) is 0.250. The molecule has 1 heterocycles. The summed E-state index contributed by atoms with van der Waals surface area (Å²) >= 11 is 7.38. The first kappa shape index (κ1) is 12.3. The molecule has 1 atom stereocenters. The van der Waals surface area contributed by atoms with Gasteiger partial charge in [-0.2, -0.15) is 0 Å². The molecule has 1 aromatic carbocycles. The minimum Gasteiger partial charge on any atom is -0.378 e. The number of thiazole rings is 1. The predicted octanol–water partition coefficient (Wildman–Crippen LogP) is 4.42. The van der Waals surface area contributed by atoms with Gasteiger partial charge in [0.1, 0.15) is 5.82 Å². The molecule has 2 aromatic rings. The van der Waals surface area contributed by atoms with Crippen LogP contribution in [0.4, 0.5) is 10.1 Å². The van der Waals surface area contributed by atoms with E-state index in [9.17, 15) is 4.39 Å². The van der Waals surface area contributed by atoms with E-state index in [4.69, 9.17) is 11.6 Å². The molecule has 1 unspecified atom stereocenters. The summed E-state index contributed by atoms with van der Waals surface area (Å²) in [4.78, 5) is 5.34. The van der Waals surface area contributed by atoms with E-state index < -0.39 is 0 Å². The molecule has 0 saturated carbocycles. The smallest absolute Gasteiger partial charge is 0.126 e. The van der Waals surface area contributed by atoms with Crippen molar-refractivity contribution in [3.8, 4) is 0 Å². The van der Waals surface area contributed by atoms with Crippen LogP contribution in [0.1, 0.15) is 23.5 Å². The first-order valence-electron chi connectivity index (χ1n) is 5.19. The average molecular weight is 271 g/mol. The van der Waals surface area contributed by atoms with Crippen molar-refractivity contribution in [2.45, 2.75) is 19.9 Å². The Morgan fingerprint density at radius 1 is 1.41 bits per heavy atom. The van der Waals surface area contributed by atoms with Gasteiger partial charge in [0, 0.05) is 15.6 Å². The van der Waals surface area contributed by atoms with E-state index in [0.717, 1.165) is 10.6 Å². The standard InChI is InChI=1S/C12H12ClFN2S/c1-7-12(17-6-15-7)8(2)16-11-4-9(13)3-10(14)5-11/h3-6,8,16H,1-2H3. The van der Waals surface area contributed by atoms with Crippen LogP contribution in [0, 0.1) is 12.7 Å². The molecule has 0 spiro atoms. The Labute approximate surface area is 108 Å². The van der Waals surface area contributed by atoms with Gasteiger partial charge in [-0.05, 0) is 32.0 Å². The molecule has 1 N–H and O–H groups in total. The summed E-state index contributed by atoms with van der Waals surface area (Å²) in [5, 5.41) is 3.60. The summed E-state index contributed by atoms with van der Waals surface area (Å²) in [7, 11) is 0. The highest BCUT2D eigenvalue weighted by Gasteiger charge is 2.11. The minimum atomic E-state index is -0.340. The summed E-state index contributed by atoms with van der Waals surface area (Å²) in [6.07, 6.45) is 0. The van der Waals surface area contributed by atoms with Crippen LogP contribution in [0.3, 0.4) is 0 Å². The molecule has 0 amide bonds. The highest BCUT2D eigenvalue weighted by molar-refractivity contribution is 7.09. The lowest BCUT2D eigenvalue weighted by Gasteiger charge is -2.14. The molecule has 0 aliphatic rings. The number of anilines is 1. The number of aromatic nitrogens is 1. The molecular formula is C12H12ClFN2S. The maximum absolute atomic E-state index is 13.2. The normalized spacial score (nSPS) is 12.5. The molecular weight excluding hydrogens is 259 g/mol. The molecule has 2 nitrogen and oxygen atoms in total. The molecule has 0 aliphatic carbocycles. The lowest BCUT2D eigenvalue weighted by molar-refractivity contribution is 0.628. The Balaban J connectivity index is 2.18. The Morgan fingerprint density at radius 2 is 2.18 bits per heavy atom. The largest absolute Gasteiger partial charge is 0.378 e. The third-order valence-electron chi connectivity index (χ3n) is 2.42. The fourth-order valence-electron chi connectivity index (χ4n) is 1.68. The van der Waals surface area contributed by atoms with Crippen molar-refractivity contribution >= 4 is 28.6 Å². The van der Waals surface area contributed by atoms with E-state index in [0.29, 0.717) is 10.7 Å². The van der Waals surface area contributed by atoms with Crippen molar-refractivity contribution in [3.63, 3.8) is 0 Å². The van der Waals surface area contributed by atoms with Crippen LogP contribution in [-0.2, 0) is 0 Å². The number of aryl methyl sites for hydroxylation is 1. The van der Waals surface area contributed by atoms with Gasteiger partial charge >= 0.3 is 0 Å². The molecule has 2 rings (SSSR count). The molecule has 0 aliphatic heterocycles. The zero-order chi connectivity index (χ0) is 12.4. The Bertz CT molecular complexity index is 507. The molecule has 17 heavy (non-hydrogen) atoms. The van der Waals surface area contributed by atoms with Crippen LogP contribution in [0.2, 0.25) is 5.02 Å². The highest BCUT2D eigenvalue weighted by atomic mass is 35.5. The van der Waals surface area contributed by atoms with Gasteiger partial charge in [-0.25, -0.2) is 9.37 Å². The topological polar surface area (TPSA) is 24.9 Å². The quantitative estimate of drug-likeness (QED) is 0.893. The maximum Gasteiger partial charge on any atom is 0.126 e. The van der Waals surface area contributed by atoms with Crippen LogP contribution in [0.25, 0.3) is 0 Å². The molecule has 0 bridgehead atoms. The monoisotopic (exact) mass is 270 g/mol. The zero-order valence-electron chi connectivity index (χ0n) is 9.50. The number of rotatable bonds is 3. The van der Waals surface area contributed by atoms with Gasteiger partial charge in [-0.3, -0.25) is 0 Å². The van der Waals surface area contributed by atoms with Gasteiger partial charge in [-0.1, -0.05) is 11.6 Å². The highest BCUT2D eigenvalue weighted by Crippen LogP contribution is 2.26. The Hall–Kier alpha value is -1.13. The van der Waals surface area contributed by atoms with Crippen LogP contribution >= 0.6 is 22.9 Å². The molecule has 0 radical (unpaired) electrons. The van der Waals surface area contributed by atoms with Crippen LogP contribution < -0.4 is 5.32 Å². The first-order chi connectivity index (χ1) is 8.06. The number of nitrogens with zero attached hydrogens (tertiary/aromatic N) is 1. The van der Waals surface area contributed by atoms with E-state index in [2.05, 4.69) is 10.3 Å². The van der Waals surface area contributed by atoms with Gasteiger partial charge in [0.15, 0.2) is 0 Å². The number of halogens is 2. The molecule has 5 heteroatoms. The maximum atomic E-state index is 13.2. The third kappa shape index (κ3) is 2.96. The molecule has 0 saturated heterocycles. The van der Waals surface area contributed by atoms with Gasteiger partial charge in [-0.15, -0.1) is 11.3 Å². The van der Waals surface area contributed by atoms with Crippen molar-refractivity contribution in [1.82, 2.24) is 4.98 Å². The average Bonchev–Trinajstić information content (AvgIpc) is 2.62. The second-order valence-electron chi connectivity index (χ2n) is 3.83. The van der Waals surface area contributed by atoms with E-state index in [1.807, 2.05) is 13.8 Å². The van der Waals surface area contributed by atoms with Crippen molar-refractivity contribution < 1.29 is 4.39 Å². The first-order valence-corrected chi connectivity index (χ1v) is 6.44. The Morgan fingerprint density at radius 3 is 2.76 bits per heavy atom. The van der Waals surface area contributed by atoms with Crippen molar-refractivity contribution in [2.24, 2.45) is 0 Å². The van der Waals surface area contributed by atoms with Crippen molar-refractivity contribution in [3.05, 3.63) is 45.1 Å². The lowest BCUT2D eigenvalue weighted by atomic mass is 10.2. The lowest BCUT2D eigenvalue weighted by Crippen LogP contribution is -2.06. The number of benzene rings is 1. The SMILES string of the molecule is Cc1ncsc1C(C)Nc1cc(F)cc(Cl)c1. The molecule has 1 aromatic heterocycles. The predicted molar refractivity (Wildman–Crippen MR) is 70.3 cm³/mol. The van der Waals surface area contributed by atoms with Crippen LogP contribution in [0.5, 0.6) is 0 Å². The number of hydrogen-bond acceptors (Lipinski definition) is 3. The minimum absolute atomic E-state index is 0.0837. The zero-order valence-corrected chi connectivity index (χ0v) is 11.1. The van der Waals surface area contributed by atoms with Gasteiger partial charge in [0.05, 0.1) is 17.2 Å². The van der Waals surface area contributed by atoms with E-state index >= 15 is 0 Å². The van der Waals surface area contributed by atoms with E-state index in [1.165, 1.54) is 12.1 Å². The van der Waals surface area contributed by atoms with E-state index in [-0.39, 0.29) is 11.9 Å². The van der Waals surface area contributed by atoms with Crippen LogP contribution in [-0.4, -0.2) is 4.98 Å². The summed E-state index contributed by atoms with van der Waals surface area (Å²) in [6.45, 7) is 3.97. The summed E-state index contributed by atoms with van der Waals surface area (Å²) < 4.78 is 13.2. The van der Waals surface area contributed by atoms with Gasteiger partial charge < -0.3 is 5.32 Å². The second kappa shape index (κ2) is 5.02. The fourth-order valence-corrected chi connectivity index (χ4v) is 2.71. The van der Waals surface area contributed by atoms with Gasteiger partial charge in [0.25, 0.3) is 0 Å². The summed E-state index contributed by atoms with van der Waals surface area (Å²) in [5.74, 6) is -0.340. The summed E-state index contributed by atoms with van der Waals surface area (Å²) in [6, 6.07) is 4.51. The van der Waals surface area contributed by atoms with Crippen molar-refractivity contribution in [1.29, 1.82) is 0 Å². The van der Waals surface area contributed by atoms with Gasteiger partial charge in [0.2, 0.25) is 0 Å². The Kier molecular flexibility index (Phi) is 3.64. The molecule has 0 fully saturated rings. The van der Waals surface area contributed by atoms with E-state index in [1.54, 1.807) is 22.9 Å². The second-order valence-corrected chi connectivity index (χ2v) is 5.15. The van der Waals surface area contributed by atoms with Crippen LogP contribution in [0.15, 0.2) is 23.7 Å². The number of hydrogen-bond donors (Lipinski definition) is 1. The summed E-state index contributed by atoms with van der Waals surface area (Å²) in [5.41, 5.74) is 3.48. The number of nitrogens with one attached hydrogen (secondary N) is 1. The van der Waals surface area contributed by atoms with Crippen molar-refractivity contribution in [2.75, 3.05) is 5.32 Å². The third-order valence-corrected chi connectivity index (χ3v) is 3.75.